The van der Waals surface area contributed by atoms with Crippen molar-refractivity contribution in [3.05, 3.63) is 45.5 Å². The van der Waals surface area contributed by atoms with Gasteiger partial charge in [-0.15, -0.1) is 16.4 Å². The van der Waals surface area contributed by atoms with Gasteiger partial charge in [-0.25, -0.2) is 0 Å². The van der Waals surface area contributed by atoms with Crippen LogP contribution in [0, 0.1) is 0 Å². The lowest BCUT2D eigenvalue weighted by Gasteiger charge is -2.23. The van der Waals surface area contributed by atoms with Gasteiger partial charge in [-0.2, -0.15) is 0 Å². The summed E-state index contributed by atoms with van der Waals surface area (Å²) in [6.45, 7) is 3.10. The highest BCUT2D eigenvalue weighted by atomic mass is 32.1. The second-order valence-electron chi connectivity index (χ2n) is 5.76. The van der Waals surface area contributed by atoms with Gasteiger partial charge in [-0.05, 0) is 50.7 Å². The van der Waals surface area contributed by atoms with Gasteiger partial charge in [0.25, 0.3) is 0 Å². The average molecular weight is 304 g/mol. The first-order chi connectivity index (χ1) is 10.3. The Hall–Kier alpha value is -1.26. The molecule has 4 heteroatoms. The number of thiophene rings is 1. The minimum Gasteiger partial charge on any atom is -0.388 e. The Bertz CT molecular complexity index is 547. The van der Waals surface area contributed by atoms with E-state index in [1.165, 1.54) is 35.4 Å². The number of nitrogens with two attached hydrogens (primary N) is 1. The van der Waals surface area contributed by atoms with Gasteiger partial charge in [0.2, 0.25) is 5.88 Å². The minimum atomic E-state index is 0.180. The van der Waals surface area contributed by atoms with E-state index in [2.05, 4.69) is 25.1 Å². The van der Waals surface area contributed by atoms with E-state index in [4.69, 9.17) is 10.6 Å². The van der Waals surface area contributed by atoms with Gasteiger partial charge in [0.15, 0.2) is 0 Å². The SMILES string of the molecule is CCc1ccc(C2C=C(N)ON2CCC2=CCCCC2)s1. The molecule has 0 amide bonds. The van der Waals surface area contributed by atoms with Crippen LogP contribution in [0.25, 0.3) is 0 Å². The maximum absolute atomic E-state index is 5.89. The van der Waals surface area contributed by atoms with Crippen molar-refractivity contribution in [3.8, 4) is 0 Å². The van der Waals surface area contributed by atoms with E-state index in [-0.39, 0.29) is 6.04 Å². The summed E-state index contributed by atoms with van der Waals surface area (Å²) < 4.78 is 0. The predicted molar refractivity (Wildman–Crippen MR) is 87.7 cm³/mol. The molecule has 1 aromatic heterocycles. The predicted octanol–water partition coefficient (Wildman–Crippen LogP) is 4.29. The maximum Gasteiger partial charge on any atom is 0.207 e. The number of rotatable bonds is 5. The summed E-state index contributed by atoms with van der Waals surface area (Å²) >= 11 is 1.86. The molecule has 1 aliphatic carbocycles. The fourth-order valence-electron chi connectivity index (χ4n) is 3.00. The molecule has 0 radical (unpaired) electrons. The molecule has 1 unspecified atom stereocenters. The lowest BCUT2D eigenvalue weighted by molar-refractivity contribution is -0.118. The van der Waals surface area contributed by atoms with Gasteiger partial charge in [0.1, 0.15) is 6.04 Å². The zero-order chi connectivity index (χ0) is 14.7. The molecule has 0 spiro atoms. The Kier molecular flexibility index (Phi) is 4.66. The monoisotopic (exact) mass is 304 g/mol. The smallest absolute Gasteiger partial charge is 0.207 e. The first-order valence-electron chi connectivity index (χ1n) is 7.94. The number of nitrogens with zero attached hydrogens (tertiary/aromatic N) is 1. The van der Waals surface area contributed by atoms with E-state index in [1.807, 2.05) is 22.5 Å². The number of allylic oxidation sites excluding steroid dienone is 1. The molecular weight excluding hydrogens is 280 g/mol. The van der Waals surface area contributed by atoms with Gasteiger partial charge in [-0.1, -0.05) is 18.6 Å². The van der Waals surface area contributed by atoms with Gasteiger partial charge in [0, 0.05) is 22.4 Å². The number of aryl methyl sites for hydroxylation is 1. The largest absolute Gasteiger partial charge is 0.388 e. The van der Waals surface area contributed by atoms with E-state index < -0.39 is 0 Å². The fraction of sp³-hybridized carbons (Fsp3) is 0.529. The maximum atomic E-state index is 5.89. The van der Waals surface area contributed by atoms with Crippen LogP contribution < -0.4 is 5.73 Å². The van der Waals surface area contributed by atoms with Gasteiger partial charge in [-0.3, -0.25) is 0 Å². The highest BCUT2D eigenvalue weighted by Crippen LogP contribution is 2.35. The minimum absolute atomic E-state index is 0.180. The summed E-state index contributed by atoms with van der Waals surface area (Å²) in [5, 5.41) is 2.04. The Morgan fingerprint density at radius 1 is 1.38 bits per heavy atom. The third-order valence-electron chi connectivity index (χ3n) is 4.22. The molecule has 3 nitrogen and oxygen atoms in total. The molecule has 1 aliphatic heterocycles. The van der Waals surface area contributed by atoms with Gasteiger partial charge in [0.05, 0.1) is 0 Å². The Morgan fingerprint density at radius 2 is 2.29 bits per heavy atom. The molecule has 2 heterocycles. The zero-order valence-electron chi connectivity index (χ0n) is 12.7. The standard InChI is InChI=1S/C17H24N2OS/c1-2-14-8-9-16(21-14)15-12-17(18)20-19(15)11-10-13-6-4-3-5-7-13/h6,8-9,12,15H,2-5,7,10-11,18H2,1H3. The van der Waals surface area contributed by atoms with E-state index in [1.54, 1.807) is 5.57 Å². The summed E-state index contributed by atoms with van der Waals surface area (Å²) in [4.78, 5) is 8.45. The third kappa shape index (κ3) is 3.50. The van der Waals surface area contributed by atoms with Crippen molar-refractivity contribution in [1.29, 1.82) is 0 Å². The summed E-state index contributed by atoms with van der Waals surface area (Å²) in [5.41, 5.74) is 7.47. The number of hydroxylamine groups is 2. The molecule has 21 heavy (non-hydrogen) atoms. The molecule has 0 aromatic carbocycles. The topological polar surface area (TPSA) is 38.5 Å². The van der Waals surface area contributed by atoms with Crippen molar-refractivity contribution >= 4 is 11.3 Å². The zero-order valence-corrected chi connectivity index (χ0v) is 13.5. The molecule has 1 aromatic rings. The van der Waals surface area contributed by atoms with Crippen LogP contribution in [-0.2, 0) is 11.3 Å². The van der Waals surface area contributed by atoms with Crippen LogP contribution >= 0.6 is 11.3 Å². The second-order valence-corrected chi connectivity index (χ2v) is 6.96. The molecule has 3 rings (SSSR count). The van der Waals surface area contributed by atoms with Gasteiger partial charge >= 0.3 is 0 Å². The molecule has 0 saturated heterocycles. The molecule has 2 aliphatic rings. The molecule has 1 atom stereocenters. The normalized spacial score (nSPS) is 22.8. The number of hydrogen-bond donors (Lipinski definition) is 1. The van der Waals surface area contributed by atoms with Crippen LogP contribution in [0.4, 0.5) is 0 Å². The van der Waals surface area contributed by atoms with E-state index in [9.17, 15) is 0 Å². The van der Waals surface area contributed by atoms with Crippen molar-refractivity contribution in [2.24, 2.45) is 5.73 Å². The van der Waals surface area contributed by atoms with Crippen LogP contribution in [0.3, 0.4) is 0 Å². The van der Waals surface area contributed by atoms with Gasteiger partial charge < -0.3 is 10.6 Å². The summed E-state index contributed by atoms with van der Waals surface area (Å²) in [5.74, 6) is 0.532. The molecule has 114 valence electrons. The average Bonchev–Trinajstić information content (AvgIpc) is 3.12. The lowest BCUT2D eigenvalue weighted by Crippen LogP contribution is -2.24. The highest BCUT2D eigenvalue weighted by molar-refractivity contribution is 7.12. The molecule has 2 N–H and O–H groups in total. The second kappa shape index (κ2) is 6.67. The van der Waals surface area contributed by atoms with E-state index in [0.29, 0.717) is 5.88 Å². The Labute approximate surface area is 131 Å². The van der Waals surface area contributed by atoms with Crippen molar-refractivity contribution in [1.82, 2.24) is 5.06 Å². The molecule has 0 fully saturated rings. The molecular formula is C17H24N2OS. The van der Waals surface area contributed by atoms with E-state index >= 15 is 0 Å². The first-order valence-corrected chi connectivity index (χ1v) is 8.76. The van der Waals surface area contributed by atoms with Crippen molar-refractivity contribution in [2.45, 2.75) is 51.5 Å². The van der Waals surface area contributed by atoms with Crippen molar-refractivity contribution in [2.75, 3.05) is 6.54 Å². The Morgan fingerprint density at radius 3 is 3.00 bits per heavy atom. The summed E-state index contributed by atoms with van der Waals surface area (Å²) in [7, 11) is 0. The third-order valence-corrected chi connectivity index (χ3v) is 5.52. The van der Waals surface area contributed by atoms with Crippen LogP contribution in [0.1, 0.15) is 54.8 Å². The number of hydrogen-bond acceptors (Lipinski definition) is 4. The first kappa shape index (κ1) is 14.7. The van der Waals surface area contributed by atoms with Crippen LogP contribution in [0.5, 0.6) is 0 Å². The van der Waals surface area contributed by atoms with Crippen molar-refractivity contribution in [3.63, 3.8) is 0 Å². The van der Waals surface area contributed by atoms with Crippen LogP contribution in [0.2, 0.25) is 0 Å². The van der Waals surface area contributed by atoms with Crippen LogP contribution in [-0.4, -0.2) is 11.6 Å². The molecule has 0 bridgehead atoms. The summed E-state index contributed by atoms with van der Waals surface area (Å²) in [6.07, 6.45) is 11.8. The quantitative estimate of drug-likeness (QED) is 0.825. The van der Waals surface area contributed by atoms with Crippen LogP contribution in [0.15, 0.2) is 35.7 Å². The highest BCUT2D eigenvalue weighted by Gasteiger charge is 2.28. The Balaban J connectivity index is 1.65. The van der Waals surface area contributed by atoms with E-state index in [0.717, 1.165) is 19.4 Å². The summed E-state index contributed by atoms with van der Waals surface area (Å²) in [6, 6.07) is 4.60. The molecule has 0 saturated carbocycles. The van der Waals surface area contributed by atoms with Crippen molar-refractivity contribution < 1.29 is 4.84 Å². The fourth-order valence-corrected chi connectivity index (χ4v) is 4.02. The lowest BCUT2D eigenvalue weighted by atomic mass is 9.97.